The molecule has 0 saturated heterocycles. The number of amides is 1. The van der Waals surface area contributed by atoms with E-state index in [-0.39, 0.29) is 5.91 Å². The first-order valence-corrected chi connectivity index (χ1v) is 2.44. The van der Waals surface area contributed by atoms with Crippen LogP contribution in [0.3, 0.4) is 0 Å². The third-order valence-corrected chi connectivity index (χ3v) is 0.933. The molecule has 1 rings (SSSR count). The van der Waals surface area contributed by atoms with E-state index in [2.05, 4.69) is 11.9 Å². The Labute approximate surface area is 47.9 Å². The third kappa shape index (κ3) is 0.964. The van der Waals surface area contributed by atoms with E-state index >= 15 is 0 Å². The SMILES string of the molecule is C=C1CC=CC(=O)N1. The van der Waals surface area contributed by atoms with E-state index in [1.54, 1.807) is 6.08 Å². The second-order valence-electron chi connectivity index (χ2n) is 1.70. The predicted octanol–water partition coefficient (Wildman–Crippen LogP) is 0.576. The van der Waals surface area contributed by atoms with E-state index in [9.17, 15) is 4.79 Å². The minimum atomic E-state index is -0.0683. The van der Waals surface area contributed by atoms with Gasteiger partial charge in [-0.2, -0.15) is 0 Å². The maximum absolute atomic E-state index is 10.4. The van der Waals surface area contributed by atoms with Crippen LogP contribution in [0.4, 0.5) is 0 Å². The van der Waals surface area contributed by atoms with Crippen LogP contribution in [0.15, 0.2) is 24.4 Å². The Balaban J connectivity index is 2.68. The monoisotopic (exact) mass is 109 g/mol. The number of allylic oxidation sites excluding steroid dienone is 1. The van der Waals surface area contributed by atoms with Gasteiger partial charge in [0.15, 0.2) is 0 Å². The molecule has 0 spiro atoms. The van der Waals surface area contributed by atoms with Crippen LogP contribution in [0.2, 0.25) is 0 Å². The summed E-state index contributed by atoms with van der Waals surface area (Å²) in [4.78, 5) is 10.4. The van der Waals surface area contributed by atoms with Gasteiger partial charge < -0.3 is 5.32 Å². The van der Waals surface area contributed by atoms with Gasteiger partial charge in [-0.25, -0.2) is 0 Å². The molecule has 1 aliphatic rings. The lowest BCUT2D eigenvalue weighted by molar-refractivity contribution is -0.116. The lowest BCUT2D eigenvalue weighted by Crippen LogP contribution is -2.22. The second kappa shape index (κ2) is 1.82. The summed E-state index contributed by atoms with van der Waals surface area (Å²) < 4.78 is 0. The maximum Gasteiger partial charge on any atom is 0.247 e. The van der Waals surface area contributed by atoms with Crippen molar-refractivity contribution in [2.45, 2.75) is 6.42 Å². The zero-order valence-corrected chi connectivity index (χ0v) is 4.48. The highest BCUT2D eigenvalue weighted by Gasteiger charge is 2.00. The van der Waals surface area contributed by atoms with Crippen molar-refractivity contribution < 1.29 is 4.79 Å². The predicted molar refractivity (Wildman–Crippen MR) is 31.0 cm³/mol. The molecule has 2 heteroatoms. The van der Waals surface area contributed by atoms with Gasteiger partial charge in [0.1, 0.15) is 0 Å². The summed E-state index contributed by atoms with van der Waals surface area (Å²) >= 11 is 0. The molecular formula is C6H7NO. The van der Waals surface area contributed by atoms with Gasteiger partial charge >= 0.3 is 0 Å². The van der Waals surface area contributed by atoms with Gasteiger partial charge in [-0.15, -0.1) is 0 Å². The van der Waals surface area contributed by atoms with Crippen LogP contribution < -0.4 is 5.32 Å². The van der Waals surface area contributed by atoms with Crippen molar-refractivity contribution in [1.29, 1.82) is 0 Å². The molecule has 0 atom stereocenters. The van der Waals surface area contributed by atoms with Crippen LogP contribution in [0.1, 0.15) is 6.42 Å². The van der Waals surface area contributed by atoms with Crippen molar-refractivity contribution in [3.05, 3.63) is 24.4 Å². The van der Waals surface area contributed by atoms with E-state index in [4.69, 9.17) is 0 Å². The third-order valence-electron chi connectivity index (χ3n) is 0.933. The van der Waals surface area contributed by atoms with Gasteiger partial charge in [0.25, 0.3) is 0 Å². The lowest BCUT2D eigenvalue weighted by atomic mass is 10.2. The van der Waals surface area contributed by atoms with Crippen molar-refractivity contribution in [1.82, 2.24) is 5.32 Å². The van der Waals surface area contributed by atoms with Crippen molar-refractivity contribution in [3.8, 4) is 0 Å². The molecule has 0 aromatic carbocycles. The molecule has 42 valence electrons. The first kappa shape index (κ1) is 5.09. The Morgan fingerprint density at radius 2 is 2.50 bits per heavy atom. The van der Waals surface area contributed by atoms with Crippen molar-refractivity contribution in [2.75, 3.05) is 0 Å². The summed E-state index contributed by atoms with van der Waals surface area (Å²) in [7, 11) is 0. The number of carbonyl (C=O) groups excluding carboxylic acids is 1. The summed E-state index contributed by atoms with van der Waals surface area (Å²) in [5.41, 5.74) is 0.775. The minimum absolute atomic E-state index is 0.0683. The van der Waals surface area contributed by atoms with E-state index in [1.807, 2.05) is 0 Å². The Morgan fingerprint density at radius 1 is 1.75 bits per heavy atom. The zero-order chi connectivity index (χ0) is 5.98. The largest absolute Gasteiger partial charge is 0.327 e. The van der Waals surface area contributed by atoms with Crippen molar-refractivity contribution in [2.24, 2.45) is 0 Å². The lowest BCUT2D eigenvalue weighted by Gasteiger charge is -2.06. The average molecular weight is 109 g/mol. The summed E-state index contributed by atoms with van der Waals surface area (Å²) in [6, 6.07) is 0. The first-order valence-electron chi connectivity index (χ1n) is 2.44. The van der Waals surface area contributed by atoms with Crippen LogP contribution in [-0.2, 0) is 4.79 Å². The van der Waals surface area contributed by atoms with Crippen LogP contribution in [0.5, 0.6) is 0 Å². The summed E-state index contributed by atoms with van der Waals surface area (Å²) in [5, 5.41) is 2.56. The Morgan fingerprint density at radius 3 is 2.88 bits per heavy atom. The van der Waals surface area contributed by atoms with Crippen LogP contribution in [0.25, 0.3) is 0 Å². The standard InChI is InChI=1S/C6H7NO/c1-5-3-2-4-6(8)7-5/h2,4H,1,3H2,(H,7,8). The molecule has 0 saturated carbocycles. The highest BCUT2D eigenvalue weighted by atomic mass is 16.1. The average Bonchev–Trinajstić information content (AvgIpc) is 1.64. The molecule has 0 aromatic rings. The van der Waals surface area contributed by atoms with Gasteiger partial charge in [0.05, 0.1) is 0 Å². The number of hydrogen-bond acceptors (Lipinski definition) is 1. The molecular weight excluding hydrogens is 102 g/mol. The Hall–Kier alpha value is -1.05. The summed E-state index contributed by atoms with van der Waals surface area (Å²) in [6.07, 6.45) is 4.07. The molecule has 1 amide bonds. The summed E-state index contributed by atoms with van der Waals surface area (Å²) in [5.74, 6) is -0.0683. The van der Waals surface area contributed by atoms with Gasteiger partial charge in [0.2, 0.25) is 5.91 Å². The van der Waals surface area contributed by atoms with Gasteiger partial charge in [0, 0.05) is 12.1 Å². The molecule has 8 heavy (non-hydrogen) atoms. The number of rotatable bonds is 0. The highest BCUT2D eigenvalue weighted by molar-refractivity contribution is 5.89. The van der Waals surface area contributed by atoms with E-state index in [0.717, 1.165) is 12.1 Å². The zero-order valence-electron chi connectivity index (χ0n) is 4.48. The number of carbonyl (C=O) groups is 1. The topological polar surface area (TPSA) is 29.1 Å². The summed E-state index contributed by atoms with van der Waals surface area (Å²) in [6.45, 7) is 3.58. The molecule has 0 aromatic heterocycles. The molecule has 0 bridgehead atoms. The second-order valence-corrected chi connectivity index (χ2v) is 1.70. The quantitative estimate of drug-likeness (QED) is 0.484. The van der Waals surface area contributed by atoms with Crippen molar-refractivity contribution >= 4 is 5.91 Å². The normalized spacial score (nSPS) is 18.5. The van der Waals surface area contributed by atoms with Crippen molar-refractivity contribution in [3.63, 3.8) is 0 Å². The molecule has 0 radical (unpaired) electrons. The fourth-order valence-electron chi connectivity index (χ4n) is 0.575. The molecule has 2 nitrogen and oxygen atoms in total. The smallest absolute Gasteiger partial charge is 0.247 e. The minimum Gasteiger partial charge on any atom is -0.327 e. The van der Waals surface area contributed by atoms with E-state index < -0.39 is 0 Å². The van der Waals surface area contributed by atoms with E-state index in [1.165, 1.54) is 6.08 Å². The van der Waals surface area contributed by atoms with E-state index in [0.29, 0.717) is 0 Å². The highest BCUT2D eigenvalue weighted by Crippen LogP contribution is 1.99. The van der Waals surface area contributed by atoms with Crippen LogP contribution in [0, 0.1) is 0 Å². The molecule has 1 aliphatic heterocycles. The molecule has 0 unspecified atom stereocenters. The molecule has 0 aliphatic carbocycles. The first-order chi connectivity index (χ1) is 3.79. The molecule has 1 N–H and O–H groups in total. The van der Waals surface area contributed by atoms with Gasteiger partial charge in [-0.1, -0.05) is 12.7 Å². The fourth-order valence-corrected chi connectivity index (χ4v) is 0.575. The number of hydrogen-bond donors (Lipinski definition) is 1. The molecule has 1 heterocycles. The molecule has 0 fully saturated rings. The van der Waals surface area contributed by atoms with Gasteiger partial charge in [-0.05, 0) is 6.08 Å². The Kier molecular flexibility index (Phi) is 1.16. The number of nitrogens with one attached hydrogen (secondary N) is 1. The maximum atomic E-state index is 10.4. The Bertz CT molecular complexity index is 158. The fraction of sp³-hybridized carbons (Fsp3) is 0.167. The van der Waals surface area contributed by atoms with Crippen LogP contribution in [-0.4, -0.2) is 5.91 Å². The van der Waals surface area contributed by atoms with Crippen LogP contribution >= 0.6 is 0 Å². The van der Waals surface area contributed by atoms with Gasteiger partial charge in [-0.3, -0.25) is 4.79 Å².